The quantitative estimate of drug-likeness (QED) is 0.408. The highest BCUT2D eigenvalue weighted by atomic mass is 16.5. The molecule has 0 atom stereocenters. The Bertz CT molecular complexity index is 1360. The zero-order chi connectivity index (χ0) is 23.8. The molecule has 0 bridgehead atoms. The number of carbonyl (C=O) groups excluding carboxylic acids is 2. The van der Waals surface area contributed by atoms with Crippen molar-refractivity contribution in [3.05, 3.63) is 83.2 Å². The Morgan fingerprint density at radius 3 is 2.24 bits per heavy atom. The van der Waals surface area contributed by atoms with E-state index in [1.54, 1.807) is 21.8 Å². The second kappa shape index (κ2) is 8.74. The summed E-state index contributed by atoms with van der Waals surface area (Å²) in [6, 6.07) is 17.5. The second-order valence-electron chi connectivity index (χ2n) is 8.79. The lowest BCUT2D eigenvalue weighted by Crippen LogP contribution is -2.31. The van der Waals surface area contributed by atoms with Crippen molar-refractivity contribution in [3.8, 4) is 0 Å². The van der Waals surface area contributed by atoms with Gasteiger partial charge >= 0.3 is 5.97 Å². The molecule has 4 aromatic rings. The summed E-state index contributed by atoms with van der Waals surface area (Å²) in [5, 5.41) is 4.99. The minimum Gasteiger partial charge on any atom is -0.452 e. The zero-order valence-corrected chi connectivity index (χ0v) is 19.5. The molecule has 2 aromatic carbocycles. The smallest absolute Gasteiger partial charge is 0.339 e. The zero-order valence-electron chi connectivity index (χ0n) is 19.5. The van der Waals surface area contributed by atoms with Crippen molar-refractivity contribution in [1.29, 1.82) is 0 Å². The minimum atomic E-state index is -0.566. The Morgan fingerprint density at radius 2 is 1.62 bits per heavy atom. The highest BCUT2D eigenvalue weighted by Gasteiger charge is 2.27. The number of aryl methyl sites for hydroxylation is 3. The number of rotatable bonds is 4. The maximum absolute atomic E-state index is 13.5. The van der Waals surface area contributed by atoms with Gasteiger partial charge in [0.25, 0.3) is 5.91 Å². The summed E-state index contributed by atoms with van der Waals surface area (Å²) < 4.78 is 7.33. The van der Waals surface area contributed by atoms with Crippen LogP contribution in [0.15, 0.2) is 60.8 Å². The van der Waals surface area contributed by atoms with E-state index in [2.05, 4.69) is 10.1 Å². The molecule has 172 valence electrons. The molecule has 0 saturated carbocycles. The monoisotopic (exact) mass is 454 g/mol. The van der Waals surface area contributed by atoms with Crippen LogP contribution in [0.4, 0.5) is 11.4 Å². The molecule has 0 aliphatic carbocycles. The second-order valence-corrected chi connectivity index (χ2v) is 8.79. The molecule has 3 heterocycles. The molecule has 7 heteroatoms. The van der Waals surface area contributed by atoms with Gasteiger partial charge < -0.3 is 4.74 Å². The number of ether oxygens (including phenoxy) is 1. The fourth-order valence-corrected chi connectivity index (χ4v) is 4.51. The molecule has 0 unspecified atom stereocenters. The van der Waals surface area contributed by atoms with Crippen LogP contribution in [-0.2, 0) is 22.4 Å². The molecular weight excluding hydrogens is 428 g/mol. The van der Waals surface area contributed by atoms with Crippen LogP contribution >= 0.6 is 0 Å². The topological polar surface area (TPSA) is 77.3 Å². The highest BCUT2D eigenvalue weighted by molar-refractivity contribution is 6.06. The largest absolute Gasteiger partial charge is 0.452 e. The Balaban J connectivity index is 1.44. The Kier molecular flexibility index (Phi) is 5.61. The van der Waals surface area contributed by atoms with Crippen LogP contribution in [0.1, 0.15) is 47.1 Å². The number of esters is 1. The van der Waals surface area contributed by atoms with Crippen LogP contribution in [0, 0.1) is 6.92 Å². The molecule has 34 heavy (non-hydrogen) atoms. The number of aromatic nitrogens is 3. The first kappa shape index (κ1) is 21.8. The van der Waals surface area contributed by atoms with Crippen molar-refractivity contribution in [2.24, 2.45) is 0 Å². The van der Waals surface area contributed by atoms with Crippen LogP contribution in [0.2, 0.25) is 0 Å². The number of hydrogen-bond donors (Lipinski definition) is 0. The standard InChI is InChI=1S/C27H26N4O3/c1-17(2)31-26-22(15-28-31)21(14-18(3)29-26)27(33)34-16-25(32)30-23-10-6-4-8-19(23)12-13-20-9-5-7-11-24(20)30/h4-11,14-15,17H,12-13,16H2,1-3H3. The first-order chi connectivity index (χ1) is 16.4. The van der Waals surface area contributed by atoms with Gasteiger partial charge in [0, 0.05) is 11.7 Å². The summed E-state index contributed by atoms with van der Waals surface area (Å²) in [5.74, 6) is -0.862. The predicted octanol–water partition coefficient (Wildman–Crippen LogP) is 4.94. The lowest BCUT2D eigenvalue weighted by Gasteiger charge is -2.24. The number of hydrogen-bond acceptors (Lipinski definition) is 5. The Labute approximate surface area is 198 Å². The van der Waals surface area contributed by atoms with E-state index in [1.807, 2.05) is 69.3 Å². The molecule has 1 aliphatic heterocycles. The number of anilines is 2. The minimum absolute atomic E-state index is 0.0976. The van der Waals surface area contributed by atoms with Crippen LogP contribution in [-0.4, -0.2) is 33.2 Å². The summed E-state index contributed by atoms with van der Waals surface area (Å²) in [6.07, 6.45) is 3.30. The van der Waals surface area contributed by atoms with Crippen molar-refractivity contribution in [1.82, 2.24) is 14.8 Å². The number of nitrogens with zero attached hydrogens (tertiary/aromatic N) is 4. The predicted molar refractivity (Wildman–Crippen MR) is 130 cm³/mol. The van der Waals surface area contributed by atoms with E-state index < -0.39 is 5.97 Å². The number of pyridine rings is 1. The van der Waals surface area contributed by atoms with E-state index in [0.717, 1.165) is 35.3 Å². The summed E-state index contributed by atoms with van der Waals surface area (Å²) in [4.78, 5) is 32.8. The van der Waals surface area contributed by atoms with Crippen molar-refractivity contribution in [2.45, 2.75) is 39.7 Å². The van der Waals surface area contributed by atoms with E-state index in [9.17, 15) is 9.59 Å². The van der Waals surface area contributed by atoms with Gasteiger partial charge in [0.15, 0.2) is 12.3 Å². The fourth-order valence-electron chi connectivity index (χ4n) is 4.51. The van der Waals surface area contributed by atoms with E-state index >= 15 is 0 Å². The molecule has 0 radical (unpaired) electrons. The lowest BCUT2D eigenvalue weighted by molar-refractivity contribution is -0.120. The summed E-state index contributed by atoms with van der Waals surface area (Å²) >= 11 is 0. The van der Waals surface area contributed by atoms with Gasteiger partial charge in [0.2, 0.25) is 0 Å². The maximum atomic E-state index is 13.5. The number of amides is 1. The van der Waals surface area contributed by atoms with Gasteiger partial charge in [-0.15, -0.1) is 0 Å². The molecule has 0 fully saturated rings. The van der Waals surface area contributed by atoms with Crippen molar-refractivity contribution in [2.75, 3.05) is 11.5 Å². The van der Waals surface area contributed by atoms with Crippen molar-refractivity contribution >= 4 is 34.3 Å². The number of benzene rings is 2. The number of carbonyl (C=O) groups is 2. The van der Waals surface area contributed by atoms with Gasteiger partial charge in [-0.3, -0.25) is 9.69 Å². The molecule has 0 N–H and O–H groups in total. The maximum Gasteiger partial charge on any atom is 0.339 e. The first-order valence-electron chi connectivity index (χ1n) is 11.4. The van der Waals surface area contributed by atoms with Crippen LogP contribution in [0.25, 0.3) is 11.0 Å². The molecular formula is C27H26N4O3. The average molecular weight is 455 g/mol. The van der Waals surface area contributed by atoms with E-state index in [4.69, 9.17) is 4.74 Å². The Hall–Kier alpha value is -4.00. The van der Waals surface area contributed by atoms with Crippen molar-refractivity contribution in [3.63, 3.8) is 0 Å². The molecule has 0 saturated heterocycles. The third-order valence-electron chi connectivity index (χ3n) is 6.11. The molecule has 2 aromatic heterocycles. The van der Waals surface area contributed by atoms with E-state index in [1.165, 1.54) is 0 Å². The normalized spacial score (nSPS) is 12.9. The fraction of sp³-hybridized carbons (Fsp3) is 0.259. The number of para-hydroxylation sites is 2. The van der Waals surface area contributed by atoms with Gasteiger partial charge in [-0.1, -0.05) is 36.4 Å². The van der Waals surface area contributed by atoms with Gasteiger partial charge in [-0.25, -0.2) is 14.5 Å². The molecule has 5 rings (SSSR count). The summed E-state index contributed by atoms with van der Waals surface area (Å²) in [6.45, 7) is 5.46. The van der Waals surface area contributed by atoms with Gasteiger partial charge in [-0.2, -0.15) is 5.10 Å². The Morgan fingerprint density at radius 1 is 1.00 bits per heavy atom. The summed E-state index contributed by atoms with van der Waals surface area (Å²) in [7, 11) is 0. The lowest BCUT2D eigenvalue weighted by atomic mass is 10.0. The SMILES string of the molecule is Cc1cc(C(=O)OCC(=O)N2c3ccccc3CCc3ccccc32)c2cnn(C(C)C)c2n1. The average Bonchev–Trinajstić information content (AvgIpc) is 3.18. The van der Waals surface area contributed by atoms with Gasteiger partial charge in [0.1, 0.15) is 0 Å². The molecule has 7 nitrogen and oxygen atoms in total. The number of fused-ring (bicyclic) bond motifs is 3. The van der Waals surface area contributed by atoms with Crippen LogP contribution in [0.3, 0.4) is 0 Å². The van der Waals surface area contributed by atoms with Gasteiger partial charge in [-0.05, 0) is 62.9 Å². The third kappa shape index (κ3) is 3.83. The van der Waals surface area contributed by atoms with E-state index in [-0.39, 0.29) is 18.6 Å². The van der Waals surface area contributed by atoms with Crippen molar-refractivity contribution < 1.29 is 14.3 Å². The van der Waals surface area contributed by atoms with Crippen LogP contribution < -0.4 is 4.90 Å². The first-order valence-corrected chi connectivity index (χ1v) is 11.4. The van der Waals surface area contributed by atoms with Gasteiger partial charge in [0.05, 0.1) is 28.5 Å². The van der Waals surface area contributed by atoms with Crippen LogP contribution in [0.5, 0.6) is 0 Å². The van der Waals surface area contributed by atoms with E-state index in [0.29, 0.717) is 22.3 Å². The molecule has 1 aliphatic rings. The summed E-state index contributed by atoms with van der Waals surface area (Å²) in [5.41, 5.74) is 5.51. The highest BCUT2D eigenvalue weighted by Crippen LogP contribution is 2.36. The molecule has 0 spiro atoms. The molecule has 1 amide bonds. The third-order valence-corrected chi connectivity index (χ3v) is 6.11.